The maximum absolute atomic E-state index is 14.1. The second kappa shape index (κ2) is 10.6. The zero-order valence-corrected chi connectivity index (χ0v) is 19.1. The van der Waals surface area contributed by atoms with Crippen molar-refractivity contribution in [2.45, 2.75) is 64.2 Å². The van der Waals surface area contributed by atoms with Crippen LogP contribution in [0.25, 0.3) is 0 Å². The average molecular weight is 452 g/mol. The van der Waals surface area contributed by atoms with Gasteiger partial charge in [0.2, 0.25) is 5.91 Å². The third-order valence-corrected chi connectivity index (χ3v) is 5.93. The molecule has 0 saturated heterocycles. The lowest BCUT2D eigenvalue weighted by Crippen LogP contribution is -2.17. The Morgan fingerprint density at radius 2 is 2.03 bits per heavy atom. The maximum Gasteiger partial charge on any atom is 0.229 e. The van der Waals surface area contributed by atoms with Gasteiger partial charge in [0.25, 0.3) is 0 Å². The summed E-state index contributed by atoms with van der Waals surface area (Å²) in [4.78, 5) is 12.9. The molecule has 1 aliphatic rings. The standard InChI is InChI=1S/C25H30FN5O2/c1-3-5-8-17-12-18(19-15-20(19)25-28-30-31-29-25)13-22(24(17)33-11-4-2)27-23(32)14-16-9-6-7-10-21(16)26/h6-7,9-10,12-13,19-20H,3-5,8,11,14-15H2,1-2H3,(H,27,32)(H,28,29,30,31)/t19-,20-/m0/s1. The summed E-state index contributed by atoms with van der Waals surface area (Å²) in [7, 11) is 0. The Labute approximate surface area is 193 Å². The number of hydrogen-bond donors (Lipinski definition) is 2. The summed E-state index contributed by atoms with van der Waals surface area (Å²) in [5.41, 5.74) is 3.23. The van der Waals surface area contributed by atoms with Gasteiger partial charge in [-0.2, -0.15) is 5.21 Å². The number of benzene rings is 2. The molecule has 174 valence electrons. The fourth-order valence-electron chi connectivity index (χ4n) is 4.13. The number of carbonyl (C=O) groups is 1. The number of unbranched alkanes of at least 4 members (excludes halogenated alkanes) is 1. The second-order valence-corrected chi connectivity index (χ2v) is 8.54. The number of amides is 1. The predicted molar refractivity (Wildman–Crippen MR) is 124 cm³/mol. The van der Waals surface area contributed by atoms with Gasteiger partial charge in [-0.15, -0.1) is 10.2 Å². The van der Waals surface area contributed by atoms with Gasteiger partial charge >= 0.3 is 0 Å². The van der Waals surface area contributed by atoms with Crippen LogP contribution in [0.15, 0.2) is 36.4 Å². The Morgan fingerprint density at radius 3 is 2.76 bits per heavy atom. The van der Waals surface area contributed by atoms with Gasteiger partial charge < -0.3 is 10.1 Å². The summed E-state index contributed by atoms with van der Waals surface area (Å²) in [6.45, 7) is 4.76. The highest BCUT2D eigenvalue weighted by molar-refractivity contribution is 5.94. The number of rotatable bonds is 11. The van der Waals surface area contributed by atoms with E-state index in [1.807, 2.05) is 6.07 Å². The normalized spacial score (nSPS) is 17.1. The number of tetrazole rings is 1. The number of ether oxygens (including phenoxy) is 1. The molecule has 2 aromatic carbocycles. The van der Waals surface area contributed by atoms with Crippen LogP contribution in [0.2, 0.25) is 0 Å². The summed E-state index contributed by atoms with van der Waals surface area (Å²) in [5, 5.41) is 17.5. The molecule has 2 N–H and O–H groups in total. The number of halogens is 1. The molecule has 0 unspecified atom stereocenters. The average Bonchev–Trinajstić information content (AvgIpc) is 3.42. The highest BCUT2D eigenvalue weighted by Gasteiger charge is 2.43. The molecule has 7 nitrogen and oxygen atoms in total. The van der Waals surface area contributed by atoms with Crippen LogP contribution < -0.4 is 10.1 Å². The molecule has 33 heavy (non-hydrogen) atoms. The number of carbonyl (C=O) groups excluding carboxylic acids is 1. The molecule has 0 radical (unpaired) electrons. The monoisotopic (exact) mass is 451 g/mol. The molecule has 4 rings (SSSR count). The van der Waals surface area contributed by atoms with Crippen LogP contribution in [0.5, 0.6) is 5.75 Å². The van der Waals surface area contributed by atoms with Crippen LogP contribution in [0.3, 0.4) is 0 Å². The van der Waals surface area contributed by atoms with Crippen LogP contribution in [0, 0.1) is 5.82 Å². The van der Waals surface area contributed by atoms with E-state index in [1.54, 1.807) is 18.2 Å². The van der Waals surface area contributed by atoms with Gasteiger partial charge in [0, 0.05) is 5.92 Å². The maximum atomic E-state index is 14.1. The van der Waals surface area contributed by atoms with Crippen molar-refractivity contribution in [2.24, 2.45) is 0 Å². The summed E-state index contributed by atoms with van der Waals surface area (Å²) >= 11 is 0. The zero-order chi connectivity index (χ0) is 23.2. The number of aromatic nitrogens is 4. The second-order valence-electron chi connectivity index (χ2n) is 8.54. The minimum atomic E-state index is -0.381. The Kier molecular flexibility index (Phi) is 7.32. The molecule has 2 atom stereocenters. The Hall–Kier alpha value is -3.29. The van der Waals surface area contributed by atoms with E-state index in [4.69, 9.17) is 4.74 Å². The molecule has 0 spiro atoms. The van der Waals surface area contributed by atoms with Gasteiger partial charge in [-0.3, -0.25) is 4.79 Å². The van der Waals surface area contributed by atoms with Crippen LogP contribution >= 0.6 is 0 Å². The first-order valence-corrected chi connectivity index (χ1v) is 11.7. The molecule has 1 amide bonds. The van der Waals surface area contributed by atoms with Crippen molar-refractivity contribution in [1.29, 1.82) is 0 Å². The fourth-order valence-corrected chi connectivity index (χ4v) is 4.13. The first kappa shape index (κ1) is 22.9. The number of hydrogen-bond acceptors (Lipinski definition) is 5. The van der Waals surface area contributed by atoms with Crippen molar-refractivity contribution in [2.75, 3.05) is 11.9 Å². The Morgan fingerprint density at radius 1 is 1.18 bits per heavy atom. The number of aryl methyl sites for hydroxylation is 1. The van der Waals surface area contributed by atoms with E-state index >= 15 is 0 Å². The first-order valence-electron chi connectivity index (χ1n) is 11.7. The Balaban J connectivity index is 1.63. The zero-order valence-electron chi connectivity index (χ0n) is 19.1. The van der Waals surface area contributed by atoms with Crippen molar-refractivity contribution in [1.82, 2.24) is 20.6 Å². The van der Waals surface area contributed by atoms with Gasteiger partial charge in [0.05, 0.1) is 18.7 Å². The van der Waals surface area contributed by atoms with Crippen LogP contribution in [0.1, 0.15) is 73.9 Å². The van der Waals surface area contributed by atoms with Gasteiger partial charge in [0.1, 0.15) is 11.6 Å². The molecule has 1 saturated carbocycles. The van der Waals surface area contributed by atoms with E-state index in [-0.39, 0.29) is 30.0 Å². The summed E-state index contributed by atoms with van der Waals surface area (Å²) in [6, 6.07) is 10.5. The highest BCUT2D eigenvalue weighted by atomic mass is 19.1. The predicted octanol–water partition coefficient (Wildman–Crippen LogP) is 4.92. The van der Waals surface area contributed by atoms with E-state index in [0.717, 1.165) is 43.2 Å². The minimum absolute atomic E-state index is 0.0384. The number of aromatic amines is 1. The van der Waals surface area contributed by atoms with E-state index in [1.165, 1.54) is 6.07 Å². The van der Waals surface area contributed by atoms with E-state index < -0.39 is 0 Å². The summed E-state index contributed by atoms with van der Waals surface area (Å²) in [5.74, 6) is 1.26. The molecule has 0 bridgehead atoms. The molecule has 3 aromatic rings. The largest absolute Gasteiger partial charge is 0.491 e. The minimum Gasteiger partial charge on any atom is -0.491 e. The van der Waals surface area contributed by atoms with Crippen LogP contribution in [-0.2, 0) is 17.6 Å². The first-order chi connectivity index (χ1) is 16.1. The summed E-state index contributed by atoms with van der Waals surface area (Å²) in [6.07, 6.45) is 4.70. The smallest absolute Gasteiger partial charge is 0.229 e. The lowest BCUT2D eigenvalue weighted by molar-refractivity contribution is -0.115. The molecular weight excluding hydrogens is 421 g/mol. The van der Waals surface area contributed by atoms with Crippen molar-refractivity contribution >= 4 is 11.6 Å². The fraction of sp³-hybridized carbons (Fsp3) is 0.440. The molecule has 1 aromatic heterocycles. The Bertz CT molecular complexity index is 1090. The highest BCUT2D eigenvalue weighted by Crippen LogP contribution is 2.54. The molecule has 1 fully saturated rings. The van der Waals surface area contributed by atoms with Crippen LogP contribution in [0.4, 0.5) is 10.1 Å². The molecule has 1 heterocycles. The number of H-pyrrole nitrogens is 1. The van der Waals surface area contributed by atoms with Gasteiger partial charge in [0.15, 0.2) is 5.82 Å². The number of nitrogens with one attached hydrogen (secondary N) is 2. The lowest BCUT2D eigenvalue weighted by Gasteiger charge is -2.19. The van der Waals surface area contributed by atoms with Crippen molar-refractivity contribution < 1.29 is 13.9 Å². The number of nitrogens with zero attached hydrogens (tertiary/aromatic N) is 3. The van der Waals surface area contributed by atoms with E-state index in [2.05, 4.69) is 45.9 Å². The lowest BCUT2D eigenvalue weighted by atomic mass is 9.99. The molecule has 8 heteroatoms. The van der Waals surface area contributed by atoms with E-state index in [9.17, 15) is 9.18 Å². The van der Waals surface area contributed by atoms with Crippen LogP contribution in [-0.4, -0.2) is 33.1 Å². The van der Waals surface area contributed by atoms with Gasteiger partial charge in [-0.05, 0) is 60.4 Å². The molecule has 1 aliphatic carbocycles. The van der Waals surface area contributed by atoms with Gasteiger partial charge in [-0.1, -0.05) is 49.7 Å². The van der Waals surface area contributed by atoms with E-state index in [0.29, 0.717) is 29.4 Å². The number of anilines is 1. The molecule has 0 aliphatic heterocycles. The van der Waals surface area contributed by atoms with Crippen molar-refractivity contribution in [3.8, 4) is 5.75 Å². The van der Waals surface area contributed by atoms with Gasteiger partial charge in [-0.25, -0.2) is 4.39 Å². The quantitative estimate of drug-likeness (QED) is 0.432. The topological polar surface area (TPSA) is 92.8 Å². The molecular formula is C25H30FN5O2. The third-order valence-electron chi connectivity index (χ3n) is 5.93. The van der Waals surface area contributed by atoms with Crippen molar-refractivity contribution in [3.05, 3.63) is 64.7 Å². The summed E-state index contributed by atoms with van der Waals surface area (Å²) < 4.78 is 20.2. The van der Waals surface area contributed by atoms with Crippen molar-refractivity contribution in [3.63, 3.8) is 0 Å². The SMILES string of the molecule is CCCCc1cc([C@@H]2C[C@@H]2c2nn[nH]n2)cc(NC(=O)Cc2ccccc2F)c1OCCC. The third kappa shape index (κ3) is 5.56.